The Morgan fingerprint density at radius 2 is 1.81 bits per heavy atom. The minimum atomic E-state index is -4.76. The Labute approximate surface area is 215 Å². The summed E-state index contributed by atoms with van der Waals surface area (Å²) in [5.41, 5.74) is -1.58. The van der Waals surface area contributed by atoms with E-state index in [2.05, 4.69) is 0 Å². The van der Waals surface area contributed by atoms with Crippen molar-refractivity contribution in [2.24, 2.45) is 0 Å². The molecule has 0 atom stereocenters. The Bertz CT molecular complexity index is 1090. The number of fused-ring (bicyclic) bond motifs is 1. The van der Waals surface area contributed by atoms with Crippen molar-refractivity contribution in [3.05, 3.63) is 64.7 Å². The summed E-state index contributed by atoms with van der Waals surface area (Å²) in [6, 6.07) is 7.95. The second-order valence-corrected chi connectivity index (χ2v) is 10.5. The van der Waals surface area contributed by atoms with Gasteiger partial charge in [-0.3, -0.25) is 0 Å². The van der Waals surface area contributed by atoms with Crippen molar-refractivity contribution < 1.29 is 31.5 Å². The number of carbonyl (C=O) groups is 2. The molecule has 0 aliphatic carbocycles. The van der Waals surface area contributed by atoms with Crippen LogP contribution in [-0.2, 0) is 11.0 Å². The fourth-order valence-corrected chi connectivity index (χ4v) is 4.75. The van der Waals surface area contributed by atoms with Crippen molar-refractivity contribution in [2.45, 2.75) is 32.4 Å². The molecule has 1 amide bonds. The molecule has 0 aromatic heterocycles. The van der Waals surface area contributed by atoms with Gasteiger partial charge in [-0.15, -0.1) is 0 Å². The second-order valence-electron chi connectivity index (χ2n) is 7.65. The maximum absolute atomic E-state index is 14.9. The normalized spacial score (nSPS) is 17.3. The molecular formula is C22H17F5NO2Rb. The molecule has 2 aromatic rings. The maximum atomic E-state index is 14.9. The third-order valence-electron chi connectivity index (χ3n) is 5.08. The third-order valence-corrected chi connectivity index (χ3v) is 6.61. The number of carbonyl (C=O) groups excluding carboxylic acids is 2. The van der Waals surface area contributed by atoms with Gasteiger partial charge in [0.15, 0.2) is 0 Å². The molecule has 1 aliphatic rings. The van der Waals surface area contributed by atoms with Crippen molar-refractivity contribution in [3.8, 4) is 0 Å². The standard InChI is InChI=1S/C22H17F5NO2.Rb/c1-13-7-8-19-16(11-13)18(12-14(2)29)21(23,24)9-10-28(19)20(30)15-5-3-4-6-17(15)22(25,26)27;/h3,5-8,11-12H,9-10H2,1-2H3;/b18-12-;. The topological polar surface area (TPSA) is 37.4 Å². The Kier molecular flexibility index (Phi) is 7.06. The van der Waals surface area contributed by atoms with E-state index in [1.54, 1.807) is 13.0 Å². The molecular weight excluding hydrogens is 491 g/mol. The van der Waals surface area contributed by atoms with E-state index in [-0.39, 0.29) is 66.8 Å². The number of allylic oxidation sites excluding steroid dienone is 2. The van der Waals surface area contributed by atoms with Crippen LogP contribution in [0.3, 0.4) is 0 Å². The predicted molar refractivity (Wildman–Crippen MR) is 108 cm³/mol. The zero-order valence-corrected chi connectivity index (χ0v) is 22.0. The Balaban J connectivity index is 2.22. The monoisotopic (exact) mass is 507 g/mol. The van der Waals surface area contributed by atoms with E-state index in [1.165, 1.54) is 18.2 Å². The summed E-state index contributed by atoms with van der Waals surface area (Å²) in [6.07, 6.45) is -4.75. The quantitative estimate of drug-likeness (QED) is 0.444. The van der Waals surface area contributed by atoms with Crippen molar-refractivity contribution >= 4 is 77.1 Å². The first kappa shape index (κ1) is 24.4. The number of hydrogen-bond acceptors (Lipinski definition) is 2. The van der Waals surface area contributed by atoms with Crippen LogP contribution in [0.5, 0.6) is 0 Å². The number of ketones is 1. The summed E-state index contributed by atoms with van der Waals surface area (Å²) in [7, 11) is 0. The fourth-order valence-electron chi connectivity index (χ4n) is 3.63. The number of nitrogens with zero attached hydrogens (tertiary/aromatic N) is 1. The summed E-state index contributed by atoms with van der Waals surface area (Å²) in [4.78, 5) is 25.8. The molecule has 31 heavy (non-hydrogen) atoms. The molecule has 0 fully saturated rings. The predicted octanol–water partition coefficient (Wildman–Crippen LogP) is 4.47. The Morgan fingerprint density at radius 3 is 2.42 bits per heavy atom. The molecule has 9 heteroatoms. The summed E-state index contributed by atoms with van der Waals surface area (Å²) in [6.45, 7) is 2.30. The SMILES string of the molecule is CC(=O)/C=C1/c2cc(C)ccc2N(C(=O)c2cc[c]([Rb])cc2C(F)(F)F)CCC1(F)F. The van der Waals surface area contributed by atoms with Gasteiger partial charge in [-0.1, -0.05) is 0 Å². The van der Waals surface area contributed by atoms with E-state index in [4.69, 9.17) is 0 Å². The van der Waals surface area contributed by atoms with Gasteiger partial charge in [0.25, 0.3) is 0 Å². The Morgan fingerprint density at radius 1 is 1.13 bits per heavy atom. The number of alkyl halides is 5. The fraction of sp³-hybridized carbons (Fsp3) is 0.273. The molecule has 3 rings (SSSR count). The summed E-state index contributed by atoms with van der Waals surface area (Å²) < 4.78 is 71.2. The number of anilines is 1. The molecule has 0 radical (unpaired) electrons. The number of benzene rings is 2. The summed E-state index contributed by atoms with van der Waals surface area (Å²) in [5.74, 6) is -5.03. The van der Waals surface area contributed by atoms with Crippen LogP contribution in [0.4, 0.5) is 27.6 Å². The number of halogens is 5. The van der Waals surface area contributed by atoms with Gasteiger partial charge in [0.2, 0.25) is 0 Å². The zero-order chi connectivity index (χ0) is 23.1. The van der Waals surface area contributed by atoms with E-state index < -0.39 is 53.5 Å². The molecule has 0 N–H and O–H groups in total. The molecule has 0 spiro atoms. The molecule has 2 aromatic carbocycles. The number of rotatable bonds is 2. The van der Waals surface area contributed by atoms with Gasteiger partial charge in [-0.25, -0.2) is 0 Å². The average molecular weight is 508 g/mol. The first-order valence-electron chi connectivity index (χ1n) is 9.52. The first-order chi connectivity index (χ1) is 14.3. The van der Waals surface area contributed by atoms with Gasteiger partial charge in [0.1, 0.15) is 0 Å². The second kappa shape index (κ2) is 8.96. The molecule has 1 aliphatic heterocycles. The van der Waals surface area contributed by atoms with Gasteiger partial charge in [0, 0.05) is 0 Å². The van der Waals surface area contributed by atoms with Crippen LogP contribution in [0, 0.1) is 6.92 Å². The molecule has 158 valence electrons. The third kappa shape index (κ3) is 5.23. The van der Waals surface area contributed by atoms with Crippen LogP contribution in [-0.4, -0.2) is 79.7 Å². The van der Waals surface area contributed by atoms with Crippen LogP contribution >= 0.6 is 0 Å². The number of hydrogen-bond donors (Lipinski definition) is 0. The van der Waals surface area contributed by atoms with Crippen LogP contribution in [0.1, 0.15) is 40.4 Å². The summed E-state index contributed by atoms with van der Waals surface area (Å²) >= 11 is -0.212. The van der Waals surface area contributed by atoms with Gasteiger partial charge >= 0.3 is 217 Å². The van der Waals surface area contributed by atoms with Gasteiger partial charge in [0.05, 0.1) is 0 Å². The van der Waals surface area contributed by atoms with Crippen LogP contribution < -0.4 is 3.53 Å². The molecule has 0 saturated carbocycles. The molecule has 3 nitrogen and oxygen atoms in total. The Hall–Kier alpha value is -1.22. The van der Waals surface area contributed by atoms with Crippen LogP contribution in [0.2, 0.25) is 0 Å². The van der Waals surface area contributed by atoms with Crippen molar-refractivity contribution in [1.29, 1.82) is 0 Å². The van der Waals surface area contributed by atoms with Crippen molar-refractivity contribution in [1.82, 2.24) is 0 Å². The van der Waals surface area contributed by atoms with Crippen molar-refractivity contribution in [3.63, 3.8) is 0 Å². The van der Waals surface area contributed by atoms with E-state index in [0.29, 0.717) is 4.20 Å². The molecule has 0 bridgehead atoms. The van der Waals surface area contributed by atoms with E-state index in [1.807, 2.05) is 0 Å². The van der Waals surface area contributed by atoms with E-state index in [0.717, 1.165) is 30.0 Å². The molecule has 1 heterocycles. The van der Waals surface area contributed by atoms with Crippen LogP contribution in [0.15, 0.2) is 42.5 Å². The van der Waals surface area contributed by atoms with Gasteiger partial charge in [-0.2, -0.15) is 0 Å². The zero-order valence-electron chi connectivity index (χ0n) is 17.1. The molecule has 0 saturated heterocycles. The minimum absolute atomic E-state index is 0.0390. The van der Waals surface area contributed by atoms with E-state index in [9.17, 15) is 31.5 Å². The number of aryl methyl sites for hydroxylation is 1. The number of amides is 1. The average Bonchev–Trinajstić information content (AvgIpc) is 2.75. The van der Waals surface area contributed by atoms with E-state index >= 15 is 0 Å². The van der Waals surface area contributed by atoms with Crippen LogP contribution in [0.25, 0.3) is 5.57 Å². The first-order valence-corrected chi connectivity index (χ1v) is 12.0. The van der Waals surface area contributed by atoms with Gasteiger partial charge in [-0.05, 0) is 0 Å². The molecule has 0 unspecified atom stereocenters. The van der Waals surface area contributed by atoms with Crippen molar-refractivity contribution in [2.75, 3.05) is 11.4 Å². The summed E-state index contributed by atoms with van der Waals surface area (Å²) in [5, 5.41) is 0. The van der Waals surface area contributed by atoms with Gasteiger partial charge < -0.3 is 0 Å².